The van der Waals surface area contributed by atoms with E-state index in [2.05, 4.69) is 11.4 Å². The average Bonchev–Trinajstić information content (AvgIpc) is 2.93. The maximum atomic E-state index is 13.2. The van der Waals surface area contributed by atoms with Gasteiger partial charge in [-0.3, -0.25) is 4.79 Å². The molecule has 2 heterocycles. The molecular formula is C31H29N3O4. The standard InChI is InChI=1S/C31H29N3O4/c1-20-16-24(21(2)33-26-11-7-6-10-23(26)30(36)37)29-25(17-20)27(35)18-28(38-29)34-14-12-31(19-32,13-15-34)22-8-4-3-5-9-22/h3-11,16-18,21,33H,12-15H2,1-2H3,(H,36,37). The summed E-state index contributed by atoms with van der Waals surface area (Å²) in [5, 5.41) is 23.4. The molecule has 1 unspecified atom stereocenters. The summed E-state index contributed by atoms with van der Waals surface area (Å²) in [7, 11) is 0. The molecule has 0 saturated carbocycles. The zero-order chi connectivity index (χ0) is 26.9. The second kappa shape index (κ2) is 10.1. The number of benzene rings is 3. The van der Waals surface area contributed by atoms with Crippen molar-refractivity contribution in [3.8, 4) is 6.07 Å². The van der Waals surface area contributed by atoms with Gasteiger partial charge in [-0.25, -0.2) is 4.79 Å². The molecule has 0 radical (unpaired) electrons. The maximum absolute atomic E-state index is 13.2. The second-order valence-electron chi connectivity index (χ2n) is 9.94. The quantitative estimate of drug-likeness (QED) is 0.328. The summed E-state index contributed by atoms with van der Waals surface area (Å²) >= 11 is 0. The van der Waals surface area contributed by atoms with Gasteiger partial charge >= 0.3 is 5.97 Å². The van der Waals surface area contributed by atoms with Gasteiger partial charge in [0.15, 0.2) is 11.3 Å². The highest BCUT2D eigenvalue weighted by molar-refractivity contribution is 5.94. The lowest BCUT2D eigenvalue weighted by Gasteiger charge is -2.37. The van der Waals surface area contributed by atoms with Crippen molar-refractivity contribution in [2.45, 2.75) is 38.1 Å². The third-order valence-electron chi connectivity index (χ3n) is 7.45. The topological polar surface area (TPSA) is 107 Å². The van der Waals surface area contributed by atoms with Gasteiger partial charge in [-0.15, -0.1) is 0 Å². The van der Waals surface area contributed by atoms with Gasteiger partial charge < -0.3 is 19.7 Å². The molecule has 3 aromatic carbocycles. The van der Waals surface area contributed by atoms with E-state index in [1.807, 2.05) is 61.2 Å². The third kappa shape index (κ3) is 4.61. The Balaban J connectivity index is 1.48. The minimum absolute atomic E-state index is 0.135. The van der Waals surface area contributed by atoms with Crippen LogP contribution >= 0.6 is 0 Å². The average molecular weight is 508 g/mol. The van der Waals surface area contributed by atoms with Crippen molar-refractivity contribution in [2.24, 2.45) is 0 Å². The lowest BCUT2D eigenvalue weighted by Crippen LogP contribution is -2.42. The molecule has 1 aliphatic rings. The molecule has 2 N–H and O–H groups in total. The number of anilines is 2. The molecule has 1 fully saturated rings. The van der Waals surface area contributed by atoms with E-state index in [1.54, 1.807) is 24.3 Å². The molecule has 0 aliphatic carbocycles. The normalized spacial score (nSPS) is 15.6. The molecule has 0 bridgehead atoms. The first kappa shape index (κ1) is 25.1. The highest BCUT2D eigenvalue weighted by Crippen LogP contribution is 2.37. The number of aromatic carboxylic acids is 1. The number of carboxylic acid groups (broad SMARTS) is 1. The Kier molecular flexibility index (Phi) is 6.64. The fourth-order valence-corrected chi connectivity index (χ4v) is 5.34. The molecule has 1 atom stereocenters. The van der Waals surface area contributed by atoms with E-state index in [4.69, 9.17) is 4.42 Å². The Hall–Kier alpha value is -4.57. The van der Waals surface area contributed by atoms with Crippen LogP contribution in [0.25, 0.3) is 11.0 Å². The SMILES string of the molecule is Cc1cc(C(C)Nc2ccccc2C(=O)O)c2oc(N3CCC(C#N)(c4ccccc4)CC3)cc(=O)c2c1. The monoisotopic (exact) mass is 507 g/mol. The van der Waals surface area contributed by atoms with E-state index in [1.165, 1.54) is 6.07 Å². The van der Waals surface area contributed by atoms with Gasteiger partial charge in [0.25, 0.3) is 0 Å². The molecular weight excluding hydrogens is 478 g/mol. The summed E-state index contributed by atoms with van der Waals surface area (Å²) < 4.78 is 6.40. The van der Waals surface area contributed by atoms with Crippen LogP contribution in [0.5, 0.6) is 0 Å². The smallest absolute Gasteiger partial charge is 0.337 e. The van der Waals surface area contributed by atoms with E-state index in [-0.39, 0.29) is 17.0 Å². The van der Waals surface area contributed by atoms with E-state index < -0.39 is 11.4 Å². The number of fused-ring (bicyclic) bond motifs is 1. The van der Waals surface area contributed by atoms with E-state index in [0.29, 0.717) is 48.5 Å². The Bertz CT molecular complexity index is 1600. The van der Waals surface area contributed by atoms with Crippen LogP contribution in [0.1, 0.15) is 52.9 Å². The molecule has 5 rings (SSSR count). The summed E-state index contributed by atoms with van der Waals surface area (Å²) in [4.78, 5) is 27.0. The zero-order valence-electron chi connectivity index (χ0n) is 21.4. The van der Waals surface area contributed by atoms with Crippen LogP contribution in [0.4, 0.5) is 11.6 Å². The van der Waals surface area contributed by atoms with E-state index in [9.17, 15) is 20.0 Å². The maximum Gasteiger partial charge on any atom is 0.337 e. The molecule has 4 aromatic rings. The van der Waals surface area contributed by atoms with Crippen LogP contribution in [0.3, 0.4) is 0 Å². The number of para-hydroxylation sites is 1. The number of hydrogen-bond acceptors (Lipinski definition) is 6. The number of nitriles is 1. The number of hydrogen-bond donors (Lipinski definition) is 2. The van der Waals surface area contributed by atoms with Gasteiger partial charge in [-0.1, -0.05) is 48.5 Å². The van der Waals surface area contributed by atoms with Crippen molar-refractivity contribution in [1.82, 2.24) is 0 Å². The number of piperidine rings is 1. The fraction of sp³-hybridized carbons (Fsp3) is 0.258. The first-order chi connectivity index (χ1) is 18.3. The number of rotatable bonds is 6. The number of carboxylic acids is 1. The van der Waals surface area contributed by atoms with Crippen molar-refractivity contribution in [1.29, 1.82) is 5.26 Å². The number of nitrogens with zero attached hydrogens (tertiary/aromatic N) is 2. The molecule has 7 heteroatoms. The van der Waals surface area contributed by atoms with Gasteiger partial charge in [-0.2, -0.15) is 5.26 Å². The highest BCUT2D eigenvalue weighted by Gasteiger charge is 2.37. The molecule has 0 spiro atoms. The third-order valence-corrected chi connectivity index (χ3v) is 7.45. The Morgan fingerprint density at radius 2 is 1.76 bits per heavy atom. The van der Waals surface area contributed by atoms with Gasteiger partial charge in [0.1, 0.15) is 5.58 Å². The molecule has 0 amide bonds. The predicted octanol–water partition coefficient (Wildman–Crippen LogP) is 6.03. The van der Waals surface area contributed by atoms with Crippen molar-refractivity contribution in [2.75, 3.05) is 23.3 Å². The second-order valence-corrected chi connectivity index (χ2v) is 9.94. The van der Waals surface area contributed by atoms with E-state index >= 15 is 0 Å². The van der Waals surface area contributed by atoms with Gasteiger partial charge in [0.2, 0.25) is 0 Å². The van der Waals surface area contributed by atoms with Gasteiger partial charge in [0.05, 0.1) is 28.5 Å². The summed E-state index contributed by atoms with van der Waals surface area (Å²) in [6.45, 7) is 5.00. The predicted molar refractivity (Wildman–Crippen MR) is 148 cm³/mol. The van der Waals surface area contributed by atoms with Crippen LogP contribution in [0, 0.1) is 18.3 Å². The molecule has 1 aliphatic heterocycles. The number of carbonyl (C=O) groups is 1. The molecule has 1 aromatic heterocycles. The Labute approximate surface area is 220 Å². The molecule has 7 nitrogen and oxygen atoms in total. The first-order valence-electron chi connectivity index (χ1n) is 12.7. The van der Waals surface area contributed by atoms with Crippen LogP contribution in [0.2, 0.25) is 0 Å². The van der Waals surface area contributed by atoms with Crippen molar-refractivity contribution >= 4 is 28.5 Å². The molecule has 38 heavy (non-hydrogen) atoms. The highest BCUT2D eigenvalue weighted by atomic mass is 16.4. The van der Waals surface area contributed by atoms with Gasteiger partial charge in [0, 0.05) is 30.4 Å². The molecule has 1 saturated heterocycles. The largest absolute Gasteiger partial charge is 0.478 e. The fourth-order valence-electron chi connectivity index (χ4n) is 5.34. The Morgan fingerprint density at radius 1 is 1.08 bits per heavy atom. The van der Waals surface area contributed by atoms with Crippen LogP contribution in [0.15, 0.2) is 82.0 Å². The van der Waals surface area contributed by atoms with E-state index in [0.717, 1.165) is 16.7 Å². The van der Waals surface area contributed by atoms with Gasteiger partial charge in [-0.05, 0) is 56.0 Å². The number of nitrogens with one attached hydrogen (secondary N) is 1. The van der Waals surface area contributed by atoms with Crippen LogP contribution < -0.4 is 15.6 Å². The lowest BCUT2D eigenvalue weighted by atomic mass is 9.74. The zero-order valence-corrected chi connectivity index (χ0v) is 21.4. The minimum Gasteiger partial charge on any atom is -0.478 e. The van der Waals surface area contributed by atoms with Crippen molar-refractivity contribution in [3.63, 3.8) is 0 Å². The van der Waals surface area contributed by atoms with Crippen LogP contribution in [-0.4, -0.2) is 24.2 Å². The lowest BCUT2D eigenvalue weighted by molar-refractivity contribution is 0.0698. The summed E-state index contributed by atoms with van der Waals surface area (Å²) in [5.74, 6) is -0.539. The van der Waals surface area contributed by atoms with Crippen molar-refractivity contribution in [3.05, 3.63) is 105 Å². The first-order valence-corrected chi connectivity index (χ1v) is 12.7. The minimum atomic E-state index is -1.02. The summed E-state index contributed by atoms with van der Waals surface area (Å²) in [5.41, 5.74) is 3.14. The van der Waals surface area contributed by atoms with Crippen molar-refractivity contribution < 1.29 is 14.3 Å². The summed E-state index contributed by atoms with van der Waals surface area (Å²) in [6.07, 6.45) is 1.25. The number of aryl methyl sites for hydroxylation is 1. The van der Waals surface area contributed by atoms with Crippen LogP contribution in [-0.2, 0) is 5.41 Å². The Morgan fingerprint density at radius 3 is 2.45 bits per heavy atom. The molecule has 192 valence electrons. The summed E-state index contributed by atoms with van der Waals surface area (Å²) in [6, 6.07) is 24.1.